The van der Waals surface area contributed by atoms with Crippen LogP contribution in [0.5, 0.6) is 5.75 Å². The van der Waals surface area contributed by atoms with Gasteiger partial charge in [0.1, 0.15) is 22.2 Å². The molecule has 0 atom stereocenters. The second-order valence-corrected chi connectivity index (χ2v) is 9.24. The van der Waals surface area contributed by atoms with Crippen LogP contribution < -0.4 is 10.1 Å². The van der Waals surface area contributed by atoms with E-state index in [2.05, 4.69) is 15.5 Å². The molecule has 1 amide bonds. The van der Waals surface area contributed by atoms with Gasteiger partial charge in [-0.3, -0.25) is 4.79 Å². The van der Waals surface area contributed by atoms with Crippen molar-refractivity contribution < 1.29 is 28.6 Å². The highest BCUT2D eigenvalue weighted by Crippen LogP contribution is 2.34. The number of aromatic nitrogens is 3. The number of para-hydroxylation sites is 1. The third kappa shape index (κ3) is 6.01. The van der Waals surface area contributed by atoms with E-state index in [4.69, 9.17) is 14.2 Å². The fraction of sp³-hybridized carbons (Fsp3) is 0.348. The van der Waals surface area contributed by atoms with Crippen LogP contribution in [0.1, 0.15) is 43.9 Å². The van der Waals surface area contributed by atoms with Gasteiger partial charge in [-0.05, 0) is 38.0 Å². The van der Waals surface area contributed by atoms with Crippen molar-refractivity contribution >= 4 is 45.9 Å². The number of nitrogens with one attached hydrogen (secondary N) is 1. The fourth-order valence-corrected chi connectivity index (χ4v) is 5.19. The predicted molar refractivity (Wildman–Crippen MR) is 132 cm³/mol. The predicted octanol–water partition coefficient (Wildman–Crippen LogP) is 3.86. The van der Waals surface area contributed by atoms with Gasteiger partial charge < -0.3 is 24.1 Å². The van der Waals surface area contributed by atoms with Crippen molar-refractivity contribution in [2.24, 2.45) is 0 Å². The first-order chi connectivity index (χ1) is 16.8. The van der Waals surface area contributed by atoms with E-state index in [1.54, 1.807) is 6.92 Å². The molecule has 0 aliphatic carbocycles. The minimum atomic E-state index is -0.652. The number of carbonyl (C=O) groups excluding carboxylic acids is 3. The molecule has 0 unspecified atom stereocenters. The molecule has 0 aliphatic rings. The number of benzene rings is 1. The molecule has 3 rings (SSSR count). The number of methoxy groups -OCH3 is 2. The lowest BCUT2D eigenvalue weighted by atomic mass is 10.1. The number of hydrogen-bond acceptors (Lipinski definition) is 10. The Morgan fingerprint density at radius 2 is 1.80 bits per heavy atom. The molecule has 1 aromatic carbocycles. The van der Waals surface area contributed by atoms with E-state index in [0.717, 1.165) is 22.6 Å². The van der Waals surface area contributed by atoms with Crippen molar-refractivity contribution in [1.29, 1.82) is 0 Å². The van der Waals surface area contributed by atoms with Gasteiger partial charge in [0.15, 0.2) is 11.0 Å². The van der Waals surface area contributed by atoms with Crippen LogP contribution in [-0.2, 0) is 27.4 Å². The zero-order valence-corrected chi connectivity index (χ0v) is 21.7. The largest absolute Gasteiger partial charge is 0.485 e. The normalized spacial score (nSPS) is 10.7. The molecule has 10 nitrogen and oxygen atoms in total. The summed E-state index contributed by atoms with van der Waals surface area (Å²) in [6.07, 6.45) is 0. The Morgan fingerprint density at radius 1 is 1.09 bits per heavy atom. The molecular weight excluding hydrogens is 492 g/mol. The molecule has 35 heavy (non-hydrogen) atoms. The summed E-state index contributed by atoms with van der Waals surface area (Å²) in [5.74, 6) is -0.193. The summed E-state index contributed by atoms with van der Waals surface area (Å²) in [5.41, 5.74) is 1.54. The van der Waals surface area contributed by atoms with Crippen LogP contribution >= 0.6 is 23.1 Å². The molecule has 3 aromatic rings. The molecular formula is C23H26N4O6S2. The molecule has 0 fully saturated rings. The maximum atomic E-state index is 12.7. The summed E-state index contributed by atoms with van der Waals surface area (Å²) < 4.78 is 17.3. The topological polar surface area (TPSA) is 122 Å². The Hall–Kier alpha value is -3.38. The number of nitrogens with zero attached hydrogens (tertiary/aromatic N) is 3. The molecule has 12 heteroatoms. The number of rotatable bonds is 10. The van der Waals surface area contributed by atoms with E-state index in [1.165, 1.54) is 26.0 Å². The van der Waals surface area contributed by atoms with Crippen LogP contribution in [0.4, 0.5) is 5.00 Å². The zero-order chi connectivity index (χ0) is 25.5. The second-order valence-electron chi connectivity index (χ2n) is 7.28. The van der Waals surface area contributed by atoms with Crippen molar-refractivity contribution in [3.8, 4) is 5.75 Å². The standard InChI is InChI=1S/C23H26N4O6S2/c1-6-27-16(11-33-15-10-8-7-9-13(15)2)25-26-23(27)34-12-17(28)24-20-18(21(29)31-4)14(3)19(35-20)22(30)32-5/h7-10H,6,11-12H2,1-5H3,(H,24,28). The lowest BCUT2D eigenvalue weighted by Crippen LogP contribution is -2.16. The minimum Gasteiger partial charge on any atom is -0.485 e. The molecule has 0 saturated carbocycles. The van der Waals surface area contributed by atoms with Crippen LogP contribution in [0.2, 0.25) is 0 Å². The third-order valence-electron chi connectivity index (χ3n) is 5.05. The lowest BCUT2D eigenvalue weighted by molar-refractivity contribution is -0.113. The van der Waals surface area contributed by atoms with Gasteiger partial charge in [-0.2, -0.15) is 0 Å². The Kier molecular flexibility index (Phi) is 8.88. The monoisotopic (exact) mass is 518 g/mol. The summed E-state index contributed by atoms with van der Waals surface area (Å²) in [6.45, 7) is 6.36. The zero-order valence-electron chi connectivity index (χ0n) is 20.0. The number of amides is 1. The van der Waals surface area contributed by atoms with Gasteiger partial charge in [-0.1, -0.05) is 30.0 Å². The van der Waals surface area contributed by atoms with Gasteiger partial charge in [0.05, 0.1) is 25.5 Å². The number of thiophene rings is 1. The molecule has 186 valence electrons. The third-order valence-corrected chi connectivity index (χ3v) is 7.21. The number of aryl methyl sites for hydroxylation is 1. The van der Waals surface area contributed by atoms with Crippen LogP contribution in [0.15, 0.2) is 29.4 Å². The summed E-state index contributed by atoms with van der Waals surface area (Å²) in [4.78, 5) is 37.2. The molecule has 2 aromatic heterocycles. The van der Waals surface area contributed by atoms with Crippen molar-refractivity contribution in [3.05, 3.63) is 51.7 Å². The van der Waals surface area contributed by atoms with Gasteiger partial charge in [0.2, 0.25) is 5.91 Å². The second kappa shape index (κ2) is 11.8. The van der Waals surface area contributed by atoms with Gasteiger partial charge in [-0.15, -0.1) is 21.5 Å². The average Bonchev–Trinajstić information content (AvgIpc) is 3.40. The van der Waals surface area contributed by atoms with Crippen molar-refractivity contribution in [3.63, 3.8) is 0 Å². The first-order valence-corrected chi connectivity index (χ1v) is 12.4. The molecule has 1 N–H and O–H groups in total. The number of carbonyl (C=O) groups is 3. The van der Waals surface area contributed by atoms with E-state index in [9.17, 15) is 14.4 Å². The highest BCUT2D eigenvalue weighted by molar-refractivity contribution is 7.99. The van der Waals surface area contributed by atoms with E-state index in [-0.39, 0.29) is 33.7 Å². The van der Waals surface area contributed by atoms with Gasteiger partial charge >= 0.3 is 11.9 Å². The summed E-state index contributed by atoms with van der Waals surface area (Å²) >= 11 is 2.17. The molecule has 2 heterocycles. The van der Waals surface area contributed by atoms with Crippen molar-refractivity contribution in [2.45, 2.75) is 39.1 Å². The SMILES string of the molecule is CCn1c(COc2ccccc2C)nnc1SCC(=O)Nc1sc(C(=O)OC)c(C)c1C(=O)OC. The quantitative estimate of drug-likeness (QED) is 0.315. The van der Waals surface area contributed by atoms with E-state index >= 15 is 0 Å². The van der Waals surface area contributed by atoms with Crippen LogP contribution in [0.3, 0.4) is 0 Å². The summed E-state index contributed by atoms with van der Waals surface area (Å²) in [7, 11) is 2.48. The number of ether oxygens (including phenoxy) is 3. The molecule has 0 bridgehead atoms. The highest BCUT2D eigenvalue weighted by atomic mass is 32.2. The smallest absolute Gasteiger partial charge is 0.348 e. The van der Waals surface area contributed by atoms with Gasteiger partial charge in [-0.25, -0.2) is 9.59 Å². The van der Waals surface area contributed by atoms with E-state index in [0.29, 0.717) is 23.1 Å². The van der Waals surface area contributed by atoms with E-state index in [1.807, 2.05) is 42.7 Å². The number of anilines is 1. The van der Waals surface area contributed by atoms with Crippen molar-refractivity contribution in [2.75, 3.05) is 25.3 Å². The first kappa shape index (κ1) is 26.2. The Morgan fingerprint density at radius 3 is 2.46 bits per heavy atom. The number of thioether (sulfide) groups is 1. The maximum absolute atomic E-state index is 12.7. The summed E-state index contributed by atoms with van der Waals surface area (Å²) in [6, 6.07) is 7.71. The van der Waals surface area contributed by atoms with Crippen LogP contribution in [0.25, 0.3) is 0 Å². The fourth-order valence-electron chi connectivity index (χ4n) is 3.24. The van der Waals surface area contributed by atoms with E-state index < -0.39 is 11.9 Å². The average molecular weight is 519 g/mol. The molecule has 0 saturated heterocycles. The van der Waals surface area contributed by atoms with Crippen molar-refractivity contribution in [1.82, 2.24) is 14.8 Å². The Labute approximate surface area is 211 Å². The van der Waals surface area contributed by atoms with Crippen LogP contribution in [0, 0.1) is 13.8 Å². The Bertz CT molecular complexity index is 1240. The molecule has 0 radical (unpaired) electrons. The molecule has 0 spiro atoms. The minimum absolute atomic E-state index is 0.0158. The summed E-state index contributed by atoms with van der Waals surface area (Å²) in [5, 5.41) is 11.9. The Balaban J connectivity index is 1.69. The maximum Gasteiger partial charge on any atom is 0.348 e. The van der Waals surface area contributed by atoms with Gasteiger partial charge in [0.25, 0.3) is 0 Å². The number of esters is 2. The van der Waals surface area contributed by atoms with Gasteiger partial charge in [0, 0.05) is 6.54 Å². The lowest BCUT2D eigenvalue weighted by Gasteiger charge is -2.10. The number of hydrogen-bond donors (Lipinski definition) is 1. The van der Waals surface area contributed by atoms with Crippen LogP contribution in [-0.4, -0.2) is 52.6 Å². The first-order valence-electron chi connectivity index (χ1n) is 10.6. The highest BCUT2D eigenvalue weighted by Gasteiger charge is 2.27. The molecule has 0 aliphatic heterocycles.